The molecule has 1 heterocycles. The molecule has 0 aromatic heterocycles. The lowest BCUT2D eigenvalue weighted by atomic mass is 9.89. The summed E-state index contributed by atoms with van der Waals surface area (Å²) < 4.78 is 17.9. The van der Waals surface area contributed by atoms with E-state index in [4.69, 9.17) is 13.9 Å². The van der Waals surface area contributed by atoms with E-state index in [1.807, 2.05) is 54.6 Å². The Bertz CT molecular complexity index is 1360. The zero-order valence-corrected chi connectivity index (χ0v) is 23.6. The number of ether oxygens (including phenoxy) is 2. The van der Waals surface area contributed by atoms with E-state index in [1.54, 1.807) is 19.2 Å². The van der Waals surface area contributed by atoms with Gasteiger partial charge in [0.2, 0.25) is 0 Å². The van der Waals surface area contributed by atoms with E-state index in [9.17, 15) is 9.59 Å². The Morgan fingerprint density at radius 3 is 2.08 bits per heavy atom. The molecule has 0 atom stereocenters. The molecule has 0 unspecified atom stereocenters. The van der Waals surface area contributed by atoms with Gasteiger partial charge in [0.05, 0.1) is 19.3 Å². The van der Waals surface area contributed by atoms with Crippen LogP contribution in [-0.2, 0) is 15.8 Å². The molecular formula is C31H34O5Si. The molecule has 4 rings (SSSR count). The molecule has 3 aromatic rings. The number of carbonyl (C=O) groups is 2. The van der Waals surface area contributed by atoms with Crippen molar-refractivity contribution in [2.45, 2.75) is 52.4 Å². The maximum absolute atomic E-state index is 13.4. The molecule has 192 valence electrons. The van der Waals surface area contributed by atoms with Crippen molar-refractivity contribution in [1.29, 1.82) is 0 Å². The van der Waals surface area contributed by atoms with E-state index in [-0.39, 0.29) is 10.8 Å². The molecule has 0 saturated heterocycles. The lowest BCUT2D eigenvalue weighted by Gasteiger charge is -2.36. The number of methoxy groups -OCH3 is 1. The van der Waals surface area contributed by atoms with Gasteiger partial charge in [-0.25, -0.2) is 4.79 Å². The predicted molar refractivity (Wildman–Crippen MR) is 149 cm³/mol. The highest BCUT2D eigenvalue weighted by Gasteiger charge is 2.38. The summed E-state index contributed by atoms with van der Waals surface area (Å²) in [5.74, 6) is 0.453. The molecule has 0 spiro atoms. The number of esters is 1. The average molecular weight is 515 g/mol. The molecule has 0 amide bonds. The Kier molecular flexibility index (Phi) is 7.26. The Balaban J connectivity index is 1.90. The Hall–Kier alpha value is -3.48. The van der Waals surface area contributed by atoms with E-state index >= 15 is 0 Å². The number of ketones is 1. The number of carbonyl (C=O) groups excluding carboxylic acids is 2. The first-order valence-corrected chi connectivity index (χ1v) is 15.3. The first-order chi connectivity index (χ1) is 17.4. The van der Waals surface area contributed by atoms with Crippen molar-refractivity contribution in [2.75, 3.05) is 7.11 Å². The monoisotopic (exact) mass is 514 g/mol. The summed E-state index contributed by atoms with van der Waals surface area (Å²) in [6.45, 7) is 13.0. The van der Waals surface area contributed by atoms with Gasteiger partial charge in [-0.3, -0.25) is 4.79 Å². The van der Waals surface area contributed by atoms with E-state index in [0.29, 0.717) is 34.8 Å². The zero-order chi connectivity index (χ0) is 27.0. The van der Waals surface area contributed by atoms with E-state index in [1.165, 1.54) is 6.92 Å². The van der Waals surface area contributed by atoms with Crippen molar-refractivity contribution in [3.8, 4) is 11.5 Å². The van der Waals surface area contributed by atoms with Gasteiger partial charge < -0.3 is 13.9 Å². The maximum Gasteiger partial charge on any atom is 0.345 e. The van der Waals surface area contributed by atoms with Crippen LogP contribution >= 0.6 is 0 Å². The molecule has 0 radical (unpaired) electrons. The fourth-order valence-electron chi connectivity index (χ4n) is 4.09. The molecule has 37 heavy (non-hydrogen) atoms. The van der Waals surface area contributed by atoms with Crippen molar-refractivity contribution in [2.24, 2.45) is 0 Å². The van der Waals surface area contributed by atoms with E-state index < -0.39 is 14.3 Å². The minimum Gasteiger partial charge on any atom is -0.493 e. The molecule has 6 heteroatoms. The third-order valence-electron chi connectivity index (χ3n) is 7.30. The first-order valence-electron chi connectivity index (χ1n) is 12.4. The van der Waals surface area contributed by atoms with Crippen molar-refractivity contribution in [1.82, 2.24) is 0 Å². The van der Waals surface area contributed by atoms with Gasteiger partial charge in [-0.2, -0.15) is 0 Å². The molecule has 0 N–H and O–H groups in total. The van der Waals surface area contributed by atoms with Crippen LogP contribution in [0, 0.1) is 0 Å². The third-order valence-corrected chi connectivity index (χ3v) is 11.8. The van der Waals surface area contributed by atoms with Gasteiger partial charge in [0.1, 0.15) is 0 Å². The highest BCUT2D eigenvalue weighted by atomic mass is 28.4. The second-order valence-electron chi connectivity index (χ2n) is 10.9. The second kappa shape index (κ2) is 10.1. The van der Waals surface area contributed by atoms with Gasteiger partial charge in [-0.15, -0.1) is 0 Å². The molecule has 5 nitrogen and oxygen atoms in total. The van der Waals surface area contributed by atoms with Gasteiger partial charge in [-0.05, 0) is 53.9 Å². The van der Waals surface area contributed by atoms with Crippen LogP contribution in [0.2, 0.25) is 18.1 Å². The summed E-state index contributed by atoms with van der Waals surface area (Å²) >= 11 is 0. The zero-order valence-electron chi connectivity index (χ0n) is 22.6. The summed E-state index contributed by atoms with van der Waals surface area (Å²) in [7, 11) is -0.420. The predicted octanol–water partition coefficient (Wildman–Crippen LogP) is 7.30. The van der Waals surface area contributed by atoms with Crippen LogP contribution in [0.1, 0.15) is 60.3 Å². The van der Waals surface area contributed by atoms with Crippen LogP contribution in [0.25, 0.3) is 11.1 Å². The number of fused-ring (bicyclic) bond motifs is 1. The normalized spacial score (nSPS) is 14.7. The van der Waals surface area contributed by atoms with Crippen molar-refractivity contribution < 1.29 is 23.5 Å². The largest absolute Gasteiger partial charge is 0.493 e. The van der Waals surface area contributed by atoms with Gasteiger partial charge in [0.25, 0.3) is 0 Å². The fourth-order valence-corrected chi connectivity index (χ4v) is 5.05. The third kappa shape index (κ3) is 5.31. The van der Waals surface area contributed by atoms with E-state index in [0.717, 1.165) is 22.3 Å². The molecule has 0 aliphatic carbocycles. The van der Waals surface area contributed by atoms with Crippen LogP contribution in [-0.4, -0.2) is 27.2 Å². The molecule has 3 aromatic carbocycles. The highest BCUT2D eigenvalue weighted by molar-refractivity contribution is 6.74. The number of benzene rings is 3. The van der Waals surface area contributed by atoms with Crippen LogP contribution in [0.5, 0.6) is 11.5 Å². The summed E-state index contributed by atoms with van der Waals surface area (Å²) in [6, 6.07) is 20.9. The van der Waals surface area contributed by atoms with Crippen LogP contribution in [0.15, 0.2) is 66.7 Å². The van der Waals surface area contributed by atoms with Gasteiger partial charge in [0, 0.05) is 16.7 Å². The molecule has 0 fully saturated rings. The van der Waals surface area contributed by atoms with Gasteiger partial charge >= 0.3 is 5.97 Å². The fraction of sp³-hybridized carbons (Fsp3) is 0.290. The minimum absolute atomic E-state index is 0.0119. The van der Waals surface area contributed by atoms with E-state index in [2.05, 4.69) is 33.9 Å². The molecule has 1 aliphatic rings. The van der Waals surface area contributed by atoms with Crippen molar-refractivity contribution >= 4 is 31.2 Å². The average Bonchev–Trinajstić information content (AvgIpc) is 3.18. The van der Waals surface area contributed by atoms with Crippen LogP contribution in [0.3, 0.4) is 0 Å². The first kappa shape index (κ1) is 26.6. The summed E-state index contributed by atoms with van der Waals surface area (Å²) in [6.07, 6.45) is 0. The Labute approximate surface area is 220 Å². The van der Waals surface area contributed by atoms with Crippen molar-refractivity contribution in [3.63, 3.8) is 0 Å². The number of Topliss-reactive ketones (excluding diaryl/α,β-unsaturated/α-hetero) is 1. The molecule has 0 saturated carbocycles. The lowest BCUT2D eigenvalue weighted by Crippen LogP contribution is -2.40. The number of hydrogen-bond acceptors (Lipinski definition) is 5. The number of hydrogen-bond donors (Lipinski definition) is 0. The Morgan fingerprint density at radius 1 is 0.919 bits per heavy atom. The standard InChI is InChI=1S/C31H34O5Si/c1-20(32)22-13-15-24(16-14-22)27(23-11-9-8-10-12-23)28-25-17-21(19-35-37(6,7)31(2,3)4)18-26(34-5)29(25)36-30(28)33/h8-18H,19H2,1-7H3. The van der Waals surface area contributed by atoms with Crippen LogP contribution in [0.4, 0.5) is 0 Å². The smallest absolute Gasteiger partial charge is 0.345 e. The molecular weight excluding hydrogens is 480 g/mol. The van der Waals surface area contributed by atoms with Crippen molar-refractivity contribution in [3.05, 3.63) is 94.5 Å². The quantitative estimate of drug-likeness (QED) is 0.109. The van der Waals surface area contributed by atoms with Gasteiger partial charge in [0.15, 0.2) is 25.6 Å². The minimum atomic E-state index is -1.99. The van der Waals surface area contributed by atoms with Crippen LogP contribution < -0.4 is 9.47 Å². The lowest BCUT2D eigenvalue weighted by molar-refractivity contribution is -0.127. The summed E-state index contributed by atoms with van der Waals surface area (Å²) in [5.41, 5.74) is 5.09. The number of rotatable bonds is 7. The molecule has 1 aliphatic heterocycles. The summed E-state index contributed by atoms with van der Waals surface area (Å²) in [4.78, 5) is 25.3. The molecule has 0 bridgehead atoms. The highest BCUT2D eigenvalue weighted by Crippen LogP contribution is 2.47. The SMILES string of the molecule is COc1cc(CO[Si](C)(C)C(C)(C)C)cc2c1OC(=O)C2=C(c1ccccc1)c1ccc(C(C)=O)cc1. The summed E-state index contributed by atoms with van der Waals surface area (Å²) in [5, 5.41) is 0.0739. The van der Waals surface area contributed by atoms with Gasteiger partial charge in [-0.1, -0.05) is 75.4 Å². The maximum atomic E-state index is 13.4. The second-order valence-corrected chi connectivity index (χ2v) is 15.7. The topological polar surface area (TPSA) is 61.8 Å². The Morgan fingerprint density at radius 2 is 1.51 bits per heavy atom.